The minimum absolute atomic E-state index is 0.164. The van der Waals surface area contributed by atoms with Gasteiger partial charge in [-0.1, -0.05) is 30.3 Å². The number of ether oxygens (including phenoxy) is 1. The highest BCUT2D eigenvalue weighted by atomic mass is 16.5. The van der Waals surface area contributed by atoms with Gasteiger partial charge in [0.1, 0.15) is 18.3 Å². The Hall–Kier alpha value is -3.22. The van der Waals surface area contributed by atoms with Gasteiger partial charge in [0.2, 0.25) is 0 Å². The molecule has 0 radical (unpaired) electrons. The van der Waals surface area contributed by atoms with Crippen LogP contribution in [0.5, 0.6) is 0 Å². The zero-order valence-corrected chi connectivity index (χ0v) is 13.0. The number of pyridine rings is 1. The third kappa shape index (κ3) is 3.57. The summed E-state index contributed by atoms with van der Waals surface area (Å²) in [5, 5.41) is 2.58. The number of hydrogen-bond acceptors (Lipinski definition) is 5. The van der Waals surface area contributed by atoms with Crippen molar-refractivity contribution in [3.05, 3.63) is 60.2 Å². The first kappa shape index (κ1) is 15.7. The number of fused-ring (bicyclic) bond motifs is 1. The van der Waals surface area contributed by atoms with Crippen molar-refractivity contribution in [2.45, 2.75) is 19.6 Å². The lowest BCUT2D eigenvalue weighted by Crippen LogP contribution is -2.39. The smallest absolute Gasteiger partial charge is 0.328 e. The average molecular weight is 324 g/mol. The lowest BCUT2D eigenvalue weighted by atomic mass is 10.2. The second-order valence-corrected chi connectivity index (χ2v) is 5.28. The summed E-state index contributed by atoms with van der Waals surface area (Å²) in [7, 11) is 0. The van der Waals surface area contributed by atoms with Gasteiger partial charge in [-0.25, -0.2) is 14.8 Å². The number of H-pyrrole nitrogens is 1. The highest BCUT2D eigenvalue weighted by Crippen LogP contribution is 2.09. The van der Waals surface area contributed by atoms with Crippen LogP contribution in [-0.4, -0.2) is 32.9 Å². The summed E-state index contributed by atoms with van der Waals surface area (Å²) in [5.41, 5.74) is 2.45. The molecule has 0 aliphatic heterocycles. The molecule has 1 amide bonds. The number of rotatable bonds is 5. The van der Waals surface area contributed by atoms with Crippen molar-refractivity contribution in [2.75, 3.05) is 0 Å². The Balaban J connectivity index is 1.57. The Morgan fingerprint density at radius 1 is 1.25 bits per heavy atom. The zero-order valence-electron chi connectivity index (χ0n) is 13.0. The number of carbonyl (C=O) groups is 2. The van der Waals surface area contributed by atoms with Crippen molar-refractivity contribution in [3.63, 3.8) is 0 Å². The van der Waals surface area contributed by atoms with Crippen molar-refractivity contribution >= 4 is 22.9 Å². The van der Waals surface area contributed by atoms with E-state index in [9.17, 15) is 9.59 Å². The average Bonchev–Trinajstić information content (AvgIpc) is 3.08. The molecule has 3 rings (SSSR count). The third-order valence-corrected chi connectivity index (χ3v) is 3.46. The molecule has 1 aromatic carbocycles. The van der Waals surface area contributed by atoms with E-state index in [0.717, 1.165) is 11.1 Å². The van der Waals surface area contributed by atoms with Crippen LogP contribution in [0.2, 0.25) is 0 Å². The molecule has 0 saturated carbocycles. The first-order valence-corrected chi connectivity index (χ1v) is 7.44. The summed E-state index contributed by atoms with van der Waals surface area (Å²) >= 11 is 0. The number of nitrogens with zero attached hydrogens (tertiary/aromatic N) is 2. The van der Waals surface area contributed by atoms with Crippen LogP contribution < -0.4 is 5.32 Å². The summed E-state index contributed by atoms with van der Waals surface area (Å²) in [4.78, 5) is 35.2. The second kappa shape index (κ2) is 6.91. The molecule has 2 heterocycles. The van der Waals surface area contributed by atoms with E-state index in [0.29, 0.717) is 5.52 Å². The molecule has 0 aliphatic carbocycles. The van der Waals surface area contributed by atoms with Crippen molar-refractivity contribution in [2.24, 2.45) is 0 Å². The molecule has 2 aromatic heterocycles. The number of imidazole rings is 1. The van der Waals surface area contributed by atoms with Gasteiger partial charge in [0.15, 0.2) is 0 Å². The van der Waals surface area contributed by atoms with Gasteiger partial charge in [-0.2, -0.15) is 0 Å². The summed E-state index contributed by atoms with van der Waals surface area (Å²) in [6.07, 6.45) is 3.05. The van der Waals surface area contributed by atoms with E-state index in [1.807, 2.05) is 30.3 Å². The van der Waals surface area contributed by atoms with Crippen LogP contribution in [0, 0.1) is 0 Å². The van der Waals surface area contributed by atoms with E-state index in [2.05, 4.69) is 20.3 Å². The molecule has 3 aromatic rings. The predicted molar refractivity (Wildman–Crippen MR) is 87.1 cm³/mol. The Bertz CT molecular complexity index is 860. The molecule has 0 unspecified atom stereocenters. The highest BCUT2D eigenvalue weighted by molar-refractivity contribution is 5.97. The molecule has 7 heteroatoms. The van der Waals surface area contributed by atoms with Gasteiger partial charge in [0.25, 0.3) is 5.91 Å². The number of nitrogens with one attached hydrogen (secondary N) is 2. The summed E-state index contributed by atoms with van der Waals surface area (Å²) < 4.78 is 5.19. The number of carbonyl (C=O) groups excluding carboxylic acids is 2. The minimum Gasteiger partial charge on any atom is -0.459 e. The first-order chi connectivity index (χ1) is 11.6. The molecule has 24 heavy (non-hydrogen) atoms. The van der Waals surface area contributed by atoms with Crippen LogP contribution in [-0.2, 0) is 16.1 Å². The number of amides is 1. The second-order valence-electron chi connectivity index (χ2n) is 5.28. The molecule has 1 atom stereocenters. The summed E-state index contributed by atoms with van der Waals surface area (Å²) in [5.74, 6) is -0.961. The van der Waals surface area contributed by atoms with Crippen LogP contribution in [0.4, 0.5) is 0 Å². The van der Waals surface area contributed by atoms with Gasteiger partial charge in [-0.15, -0.1) is 0 Å². The fourth-order valence-electron chi connectivity index (χ4n) is 2.14. The third-order valence-electron chi connectivity index (χ3n) is 3.46. The number of benzene rings is 1. The van der Waals surface area contributed by atoms with Gasteiger partial charge in [0, 0.05) is 0 Å². The monoisotopic (exact) mass is 324 g/mol. The molecule has 7 nitrogen and oxygen atoms in total. The maximum Gasteiger partial charge on any atom is 0.328 e. The van der Waals surface area contributed by atoms with Crippen LogP contribution in [0.25, 0.3) is 11.0 Å². The largest absolute Gasteiger partial charge is 0.459 e. The van der Waals surface area contributed by atoms with Gasteiger partial charge in [-0.3, -0.25) is 4.79 Å². The fourth-order valence-corrected chi connectivity index (χ4v) is 2.14. The maximum atomic E-state index is 12.2. The number of aromatic amines is 1. The lowest BCUT2D eigenvalue weighted by Gasteiger charge is -2.13. The van der Waals surface area contributed by atoms with Crippen molar-refractivity contribution in [3.8, 4) is 0 Å². The van der Waals surface area contributed by atoms with Crippen molar-refractivity contribution < 1.29 is 14.3 Å². The number of hydrogen-bond donors (Lipinski definition) is 2. The van der Waals surface area contributed by atoms with E-state index in [1.165, 1.54) is 12.5 Å². The normalized spacial score (nSPS) is 11.9. The van der Waals surface area contributed by atoms with Crippen LogP contribution in [0.15, 0.2) is 48.9 Å². The molecule has 0 saturated heterocycles. The van der Waals surface area contributed by atoms with E-state index in [4.69, 9.17) is 4.74 Å². The van der Waals surface area contributed by atoms with Crippen molar-refractivity contribution in [1.29, 1.82) is 0 Å². The molecular formula is C17H16N4O3. The molecule has 2 N–H and O–H groups in total. The molecule has 0 bridgehead atoms. The Kier molecular flexibility index (Phi) is 4.51. The van der Waals surface area contributed by atoms with Gasteiger partial charge < -0.3 is 15.0 Å². The van der Waals surface area contributed by atoms with Crippen LogP contribution in [0.3, 0.4) is 0 Å². The Morgan fingerprint density at radius 3 is 2.83 bits per heavy atom. The molecule has 0 fully saturated rings. The zero-order chi connectivity index (χ0) is 16.9. The Labute approximate surface area is 138 Å². The standard InChI is InChI=1S/C17H16N4O3/c1-11(17(23)24-9-12-5-3-2-4-6-12)21-16(22)14-7-13-15(8-18-14)20-10-19-13/h2-8,10-11H,9H2,1H3,(H,19,20)(H,21,22)/t11-/m0/s1. The summed E-state index contributed by atoms with van der Waals surface area (Å²) in [6, 6.07) is 10.1. The molecule has 0 aliphatic rings. The summed E-state index contributed by atoms with van der Waals surface area (Å²) in [6.45, 7) is 1.73. The van der Waals surface area contributed by atoms with Crippen LogP contribution in [0.1, 0.15) is 23.0 Å². The predicted octanol–water partition coefficient (Wildman–Crippen LogP) is 1.82. The quantitative estimate of drug-likeness (QED) is 0.698. The SMILES string of the molecule is C[C@H](NC(=O)c1cc2nc[nH]c2cn1)C(=O)OCc1ccccc1. The topological polar surface area (TPSA) is 97.0 Å². The molecule has 122 valence electrons. The maximum absolute atomic E-state index is 12.2. The lowest BCUT2D eigenvalue weighted by molar-refractivity contribution is -0.146. The van der Waals surface area contributed by atoms with Crippen LogP contribution >= 0.6 is 0 Å². The van der Waals surface area contributed by atoms with E-state index in [1.54, 1.807) is 13.0 Å². The fraction of sp³-hybridized carbons (Fsp3) is 0.176. The van der Waals surface area contributed by atoms with E-state index < -0.39 is 17.9 Å². The van der Waals surface area contributed by atoms with E-state index >= 15 is 0 Å². The molecule has 0 spiro atoms. The van der Waals surface area contributed by atoms with Gasteiger partial charge >= 0.3 is 5.97 Å². The molecular weight excluding hydrogens is 308 g/mol. The Morgan fingerprint density at radius 2 is 2.04 bits per heavy atom. The number of aromatic nitrogens is 3. The minimum atomic E-state index is -0.780. The van der Waals surface area contributed by atoms with Crippen molar-refractivity contribution in [1.82, 2.24) is 20.3 Å². The number of esters is 1. The van der Waals surface area contributed by atoms with E-state index in [-0.39, 0.29) is 12.3 Å². The van der Waals surface area contributed by atoms with Gasteiger partial charge in [0.05, 0.1) is 23.6 Å². The highest BCUT2D eigenvalue weighted by Gasteiger charge is 2.19. The first-order valence-electron chi connectivity index (χ1n) is 7.44. The van der Waals surface area contributed by atoms with Gasteiger partial charge in [-0.05, 0) is 18.6 Å².